The Kier molecular flexibility index (Phi) is 5.45. The van der Waals surface area contributed by atoms with E-state index in [1.807, 2.05) is 12.1 Å². The fraction of sp³-hybridized carbons (Fsp3) is 0.571. The minimum absolute atomic E-state index is 0.256. The molecule has 1 aromatic carbocycles. The van der Waals surface area contributed by atoms with Crippen molar-refractivity contribution in [1.29, 1.82) is 0 Å². The molecule has 0 heterocycles. The highest BCUT2D eigenvalue weighted by Crippen LogP contribution is 2.11. The molecule has 3 nitrogen and oxygen atoms in total. The van der Waals surface area contributed by atoms with Crippen molar-refractivity contribution in [3.05, 3.63) is 29.8 Å². The summed E-state index contributed by atoms with van der Waals surface area (Å²) in [7, 11) is 1.76. The summed E-state index contributed by atoms with van der Waals surface area (Å²) in [5, 5.41) is 0. The van der Waals surface area contributed by atoms with Crippen LogP contribution in [0.3, 0.4) is 0 Å². The smallest absolute Gasteiger partial charge is 0.0670 e. The van der Waals surface area contributed by atoms with Gasteiger partial charge in [0.2, 0.25) is 0 Å². The molecule has 0 aliphatic rings. The Balaban J connectivity index is 2.63. The van der Waals surface area contributed by atoms with Crippen molar-refractivity contribution in [3.63, 3.8) is 0 Å². The lowest BCUT2D eigenvalue weighted by Gasteiger charge is -2.28. The van der Waals surface area contributed by atoms with Gasteiger partial charge in [0, 0.05) is 31.9 Å². The topological polar surface area (TPSA) is 38.5 Å². The molecule has 1 unspecified atom stereocenters. The van der Waals surface area contributed by atoms with Gasteiger partial charge in [-0.25, -0.2) is 0 Å². The number of methoxy groups -OCH3 is 1. The van der Waals surface area contributed by atoms with Gasteiger partial charge in [-0.3, -0.25) is 4.90 Å². The fourth-order valence-electron chi connectivity index (χ4n) is 1.72. The highest BCUT2D eigenvalue weighted by molar-refractivity contribution is 5.39. The normalized spacial score (nSPS) is 13.3. The maximum absolute atomic E-state index is 5.69. The minimum atomic E-state index is 0.256. The zero-order valence-electron chi connectivity index (χ0n) is 11.3. The van der Waals surface area contributed by atoms with E-state index in [9.17, 15) is 0 Å². The monoisotopic (exact) mass is 236 g/mol. The van der Waals surface area contributed by atoms with Crippen LogP contribution in [-0.4, -0.2) is 30.7 Å². The molecule has 3 heteroatoms. The van der Waals surface area contributed by atoms with E-state index in [1.54, 1.807) is 7.11 Å². The number of anilines is 1. The Labute approximate surface area is 105 Å². The van der Waals surface area contributed by atoms with E-state index in [1.165, 1.54) is 5.56 Å². The SMILES string of the molecule is COC(C)CN(Cc1ccc(N)cc1)C(C)C. The van der Waals surface area contributed by atoms with Crippen LogP contribution in [-0.2, 0) is 11.3 Å². The molecule has 17 heavy (non-hydrogen) atoms. The maximum Gasteiger partial charge on any atom is 0.0670 e. The van der Waals surface area contributed by atoms with Crippen LogP contribution in [0.25, 0.3) is 0 Å². The van der Waals surface area contributed by atoms with E-state index in [0.29, 0.717) is 6.04 Å². The number of hydrogen-bond donors (Lipinski definition) is 1. The number of hydrogen-bond acceptors (Lipinski definition) is 3. The second-order valence-electron chi connectivity index (χ2n) is 4.81. The number of rotatable bonds is 6. The van der Waals surface area contributed by atoms with Gasteiger partial charge < -0.3 is 10.5 Å². The van der Waals surface area contributed by atoms with Crippen molar-refractivity contribution in [1.82, 2.24) is 4.90 Å². The van der Waals surface area contributed by atoms with Gasteiger partial charge in [-0.1, -0.05) is 12.1 Å². The van der Waals surface area contributed by atoms with Crippen molar-refractivity contribution < 1.29 is 4.74 Å². The average Bonchev–Trinajstić information content (AvgIpc) is 2.30. The molecule has 0 saturated carbocycles. The predicted molar refractivity (Wildman–Crippen MR) is 72.9 cm³/mol. The van der Waals surface area contributed by atoms with Gasteiger partial charge in [0.25, 0.3) is 0 Å². The molecular formula is C14H24N2O. The molecule has 0 radical (unpaired) electrons. The molecule has 1 aromatic rings. The van der Waals surface area contributed by atoms with Crippen LogP contribution in [0.4, 0.5) is 5.69 Å². The van der Waals surface area contributed by atoms with E-state index < -0.39 is 0 Å². The summed E-state index contributed by atoms with van der Waals surface area (Å²) in [4.78, 5) is 2.40. The molecule has 0 spiro atoms. The van der Waals surface area contributed by atoms with E-state index in [2.05, 4.69) is 37.8 Å². The summed E-state index contributed by atoms with van der Waals surface area (Å²) < 4.78 is 5.33. The molecule has 0 bridgehead atoms. The van der Waals surface area contributed by atoms with Crippen LogP contribution < -0.4 is 5.73 Å². The van der Waals surface area contributed by atoms with Gasteiger partial charge in [0.15, 0.2) is 0 Å². The molecule has 0 aliphatic carbocycles. The Morgan fingerprint density at radius 2 is 1.76 bits per heavy atom. The Morgan fingerprint density at radius 3 is 2.24 bits per heavy atom. The summed E-state index contributed by atoms with van der Waals surface area (Å²) >= 11 is 0. The van der Waals surface area contributed by atoms with Crippen LogP contribution in [0, 0.1) is 0 Å². The number of nitrogens with zero attached hydrogens (tertiary/aromatic N) is 1. The van der Waals surface area contributed by atoms with Gasteiger partial charge in [-0.15, -0.1) is 0 Å². The number of benzene rings is 1. The van der Waals surface area contributed by atoms with Crippen LogP contribution in [0.15, 0.2) is 24.3 Å². The zero-order valence-corrected chi connectivity index (χ0v) is 11.3. The minimum Gasteiger partial charge on any atom is -0.399 e. The fourth-order valence-corrected chi connectivity index (χ4v) is 1.72. The summed E-state index contributed by atoms with van der Waals surface area (Å²) in [6.45, 7) is 8.39. The highest BCUT2D eigenvalue weighted by Gasteiger charge is 2.13. The Morgan fingerprint density at radius 1 is 1.18 bits per heavy atom. The Hall–Kier alpha value is -1.06. The van der Waals surface area contributed by atoms with Crippen molar-refractivity contribution in [2.24, 2.45) is 0 Å². The van der Waals surface area contributed by atoms with Crippen LogP contribution in [0.5, 0.6) is 0 Å². The second kappa shape index (κ2) is 6.62. The van der Waals surface area contributed by atoms with Crippen molar-refractivity contribution in [2.75, 3.05) is 19.4 Å². The summed E-state index contributed by atoms with van der Waals surface area (Å²) in [6, 6.07) is 8.58. The van der Waals surface area contributed by atoms with Crippen LogP contribution >= 0.6 is 0 Å². The van der Waals surface area contributed by atoms with Crippen molar-refractivity contribution >= 4 is 5.69 Å². The molecule has 1 rings (SSSR count). The largest absolute Gasteiger partial charge is 0.399 e. The quantitative estimate of drug-likeness (QED) is 0.771. The van der Waals surface area contributed by atoms with E-state index >= 15 is 0 Å². The average molecular weight is 236 g/mol. The molecule has 96 valence electrons. The maximum atomic E-state index is 5.69. The van der Waals surface area contributed by atoms with Gasteiger partial charge in [-0.2, -0.15) is 0 Å². The standard InChI is InChI=1S/C14H24N2O/c1-11(2)16(9-12(3)17-4)10-13-5-7-14(15)8-6-13/h5-8,11-12H,9-10,15H2,1-4H3. The van der Waals surface area contributed by atoms with E-state index in [0.717, 1.165) is 18.8 Å². The van der Waals surface area contributed by atoms with Crippen LogP contribution in [0.2, 0.25) is 0 Å². The van der Waals surface area contributed by atoms with Gasteiger partial charge in [0.05, 0.1) is 6.10 Å². The van der Waals surface area contributed by atoms with Gasteiger partial charge >= 0.3 is 0 Å². The van der Waals surface area contributed by atoms with Crippen LogP contribution in [0.1, 0.15) is 26.3 Å². The predicted octanol–water partition coefficient (Wildman–Crippen LogP) is 2.51. The van der Waals surface area contributed by atoms with E-state index in [4.69, 9.17) is 10.5 Å². The zero-order chi connectivity index (χ0) is 12.8. The third-order valence-corrected chi connectivity index (χ3v) is 2.99. The Bertz CT molecular complexity index is 321. The highest BCUT2D eigenvalue weighted by atomic mass is 16.5. The lowest BCUT2D eigenvalue weighted by atomic mass is 10.1. The molecule has 1 atom stereocenters. The molecule has 0 saturated heterocycles. The van der Waals surface area contributed by atoms with Gasteiger partial charge in [0.1, 0.15) is 0 Å². The number of nitrogens with two attached hydrogens (primary N) is 1. The molecule has 0 aliphatic heterocycles. The third kappa shape index (κ3) is 4.75. The lowest BCUT2D eigenvalue weighted by molar-refractivity contribution is 0.0622. The summed E-state index contributed by atoms with van der Waals surface area (Å²) in [6.07, 6.45) is 0.256. The lowest BCUT2D eigenvalue weighted by Crippen LogP contribution is -2.36. The summed E-state index contributed by atoms with van der Waals surface area (Å²) in [5.74, 6) is 0. The molecule has 0 fully saturated rings. The molecular weight excluding hydrogens is 212 g/mol. The third-order valence-electron chi connectivity index (χ3n) is 2.99. The van der Waals surface area contributed by atoms with Crippen molar-refractivity contribution in [2.45, 2.75) is 39.5 Å². The first-order chi connectivity index (χ1) is 8.02. The molecule has 0 amide bonds. The molecule has 2 N–H and O–H groups in total. The first-order valence-corrected chi connectivity index (χ1v) is 6.14. The summed E-state index contributed by atoms with van der Waals surface area (Å²) in [5.41, 5.74) is 7.79. The van der Waals surface area contributed by atoms with Gasteiger partial charge in [-0.05, 0) is 38.5 Å². The molecule has 0 aromatic heterocycles. The number of nitrogen functional groups attached to an aromatic ring is 1. The van der Waals surface area contributed by atoms with E-state index in [-0.39, 0.29) is 6.10 Å². The number of ether oxygens (including phenoxy) is 1. The first-order valence-electron chi connectivity index (χ1n) is 6.14. The second-order valence-corrected chi connectivity index (χ2v) is 4.81. The first kappa shape index (κ1) is 14.0. The van der Waals surface area contributed by atoms with Crippen molar-refractivity contribution in [3.8, 4) is 0 Å².